The molecule has 1 aliphatic carbocycles. The fourth-order valence-electron chi connectivity index (χ4n) is 0.794. The zero-order valence-electron chi connectivity index (χ0n) is 4.30. The van der Waals surface area contributed by atoms with Crippen LogP contribution in [-0.2, 0) is 0 Å². The molecule has 1 aliphatic rings. The molecule has 0 aliphatic heterocycles. The number of allylic oxidation sites excluding steroid dienone is 1. The monoisotopic (exact) mass is 114 g/mol. The van der Waals surface area contributed by atoms with Crippen molar-refractivity contribution in [3.63, 3.8) is 0 Å². The van der Waals surface area contributed by atoms with Gasteiger partial charge in [-0.3, -0.25) is 0 Å². The van der Waals surface area contributed by atoms with Gasteiger partial charge in [0, 0.05) is 5.25 Å². The van der Waals surface area contributed by atoms with Crippen LogP contribution in [0.3, 0.4) is 0 Å². The first kappa shape index (κ1) is 5.23. The molecule has 0 aromatic carbocycles. The summed E-state index contributed by atoms with van der Waals surface area (Å²) in [5, 5.41) is 0.550. The summed E-state index contributed by atoms with van der Waals surface area (Å²) in [6, 6.07) is 0. The minimum atomic E-state index is 0.550. The van der Waals surface area contributed by atoms with Crippen molar-refractivity contribution in [3.05, 3.63) is 12.2 Å². The van der Waals surface area contributed by atoms with Crippen molar-refractivity contribution < 1.29 is 0 Å². The molecule has 1 rings (SSSR count). The average molecular weight is 114 g/mol. The summed E-state index contributed by atoms with van der Waals surface area (Å²) < 4.78 is 0. The van der Waals surface area contributed by atoms with Gasteiger partial charge in [-0.25, -0.2) is 0 Å². The van der Waals surface area contributed by atoms with E-state index < -0.39 is 0 Å². The van der Waals surface area contributed by atoms with Crippen molar-refractivity contribution >= 4 is 12.6 Å². The Labute approximate surface area is 50.0 Å². The zero-order valence-corrected chi connectivity index (χ0v) is 5.20. The Morgan fingerprint density at radius 1 is 1.57 bits per heavy atom. The van der Waals surface area contributed by atoms with Crippen LogP contribution < -0.4 is 0 Å². The Kier molecular flexibility index (Phi) is 1.80. The van der Waals surface area contributed by atoms with Crippen LogP contribution in [0.5, 0.6) is 0 Å². The third-order valence-electron chi connectivity index (χ3n) is 1.23. The lowest BCUT2D eigenvalue weighted by molar-refractivity contribution is 0.744. The maximum atomic E-state index is 4.27. The third-order valence-corrected chi connectivity index (χ3v) is 1.66. The van der Waals surface area contributed by atoms with E-state index in [4.69, 9.17) is 0 Å². The Bertz CT molecular complexity index is 76.2. The summed E-state index contributed by atoms with van der Waals surface area (Å²) in [5.41, 5.74) is 0. The molecule has 0 saturated heterocycles. The predicted octanol–water partition coefficient (Wildman–Crippen LogP) is 2.02. The zero-order chi connectivity index (χ0) is 5.11. The lowest BCUT2D eigenvalue weighted by atomic mass is 10.1. The van der Waals surface area contributed by atoms with Gasteiger partial charge in [-0.15, -0.1) is 0 Å². The van der Waals surface area contributed by atoms with Crippen molar-refractivity contribution in [2.24, 2.45) is 0 Å². The fraction of sp³-hybridized carbons (Fsp3) is 0.667. The van der Waals surface area contributed by atoms with Gasteiger partial charge < -0.3 is 0 Å². The summed E-state index contributed by atoms with van der Waals surface area (Å²) in [6.45, 7) is 0. The quantitative estimate of drug-likeness (QED) is 0.361. The molecule has 0 spiro atoms. The SMILES string of the molecule is S[C@H]1C=CCCC1. The lowest BCUT2D eigenvalue weighted by Crippen LogP contribution is -1.96. The average Bonchev–Trinajstić information content (AvgIpc) is 1.69. The molecule has 7 heavy (non-hydrogen) atoms. The van der Waals surface area contributed by atoms with Gasteiger partial charge in [0.15, 0.2) is 0 Å². The normalized spacial score (nSPS) is 30.7. The molecule has 0 bridgehead atoms. The van der Waals surface area contributed by atoms with Crippen LogP contribution in [0.4, 0.5) is 0 Å². The molecule has 0 radical (unpaired) electrons. The molecule has 0 unspecified atom stereocenters. The van der Waals surface area contributed by atoms with Gasteiger partial charge in [0.2, 0.25) is 0 Å². The Hall–Kier alpha value is 0.0900. The maximum absolute atomic E-state index is 4.27. The summed E-state index contributed by atoms with van der Waals surface area (Å²) in [7, 11) is 0. The van der Waals surface area contributed by atoms with Gasteiger partial charge in [0.05, 0.1) is 0 Å². The highest BCUT2D eigenvalue weighted by atomic mass is 32.1. The van der Waals surface area contributed by atoms with Crippen LogP contribution >= 0.6 is 12.6 Å². The topological polar surface area (TPSA) is 0 Å². The smallest absolute Gasteiger partial charge is 0.0196 e. The largest absolute Gasteiger partial charge is 0.172 e. The molecule has 40 valence electrons. The summed E-state index contributed by atoms with van der Waals surface area (Å²) in [4.78, 5) is 0. The second kappa shape index (κ2) is 2.41. The third kappa shape index (κ3) is 1.56. The molecule has 0 amide bonds. The maximum Gasteiger partial charge on any atom is 0.0196 e. The highest BCUT2D eigenvalue weighted by Gasteiger charge is 1.99. The van der Waals surface area contributed by atoms with E-state index in [9.17, 15) is 0 Å². The van der Waals surface area contributed by atoms with E-state index in [0.29, 0.717) is 5.25 Å². The number of hydrogen-bond donors (Lipinski definition) is 1. The standard InChI is InChI=1S/C6H10S/c7-6-4-2-1-3-5-6/h2,4,6-7H,1,3,5H2/t6-/m0/s1. The van der Waals surface area contributed by atoms with Crippen LogP contribution in [0.1, 0.15) is 19.3 Å². The number of thiol groups is 1. The van der Waals surface area contributed by atoms with E-state index in [-0.39, 0.29) is 0 Å². The van der Waals surface area contributed by atoms with E-state index in [0.717, 1.165) is 0 Å². The molecular weight excluding hydrogens is 104 g/mol. The number of hydrogen-bond acceptors (Lipinski definition) is 1. The van der Waals surface area contributed by atoms with Crippen molar-refractivity contribution in [2.45, 2.75) is 24.5 Å². The van der Waals surface area contributed by atoms with E-state index >= 15 is 0 Å². The molecule has 0 aromatic rings. The van der Waals surface area contributed by atoms with Gasteiger partial charge >= 0.3 is 0 Å². The van der Waals surface area contributed by atoms with Crippen LogP contribution in [0, 0.1) is 0 Å². The van der Waals surface area contributed by atoms with Gasteiger partial charge in [-0.2, -0.15) is 12.6 Å². The molecule has 0 nitrogen and oxygen atoms in total. The van der Waals surface area contributed by atoms with E-state index in [1.54, 1.807) is 0 Å². The highest BCUT2D eigenvalue weighted by Crippen LogP contribution is 2.14. The van der Waals surface area contributed by atoms with E-state index in [1.807, 2.05) is 0 Å². The molecule has 1 atom stereocenters. The fourth-order valence-corrected chi connectivity index (χ4v) is 1.10. The summed E-state index contributed by atoms with van der Waals surface area (Å²) >= 11 is 4.27. The number of rotatable bonds is 0. The second-order valence-electron chi connectivity index (χ2n) is 1.93. The minimum Gasteiger partial charge on any atom is -0.172 e. The minimum absolute atomic E-state index is 0.550. The first-order valence-electron chi connectivity index (χ1n) is 2.74. The van der Waals surface area contributed by atoms with Crippen LogP contribution in [0.15, 0.2) is 12.2 Å². The van der Waals surface area contributed by atoms with Gasteiger partial charge in [0.25, 0.3) is 0 Å². The van der Waals surface area contributed by atoms with Crippen LogP contribution in [0.2, 0.25) is 0 Å². The molecular formula is C6H10S. The summed E-state index contributed by atoms with van der Waals surface area (Å²) in [5.74, 6) is 0. The highest BCUT2D eigenvalue weighted by molar-refractivity contribution is 7.81. The van der Waals surface area contributed by atoms with Crippen molar-refractivity contribution in [3.8, 4) is 0 Å². The molecule has 0 heterocycles. The van der Waals surface area contributed by atoms with Gasteiger partial charge in [-0.1, -0.05) is 12.2 Å². The first-order chi connectivity index (χ1) is 3.39. The van der Waals surface area contributed by atoms with Gasteiger partial charge in [-0.05, 0) is 19.3 Å². The van der Waals surface area contributed by atoms with Crippen molar-refractivity contribution in [1.29, 1.82) is 0 Å². The van der Waals surface area contributed by atoms with Crippen molar-refractivity contribution in [2.75, 3.05) is 0 Å². The van der Waals surface area contributed by atoms with E-state index in [1.165, 1.54) is 19.3 Å². The molecule has 1 heteroatoms. The van der Waals surface area contributed by atoms with Crippen LogP contribution in [-0.4, -0.2) is 5.25 Å². The van der Waals surface area contributed by atoms with E-state index in [2.05, 4.69) is 24.8 Å². The first-order valence-corrected chi connectivity index (χ1v) is 3.26. The summed E-state index contributed by atoms with van der Waals surface area (Å²) in [6.07, 6.45) is 8.23. The van der Waals surface area contributed by atoms with Crippen LogP contribution in [0.25, 0.3) is 0 Å². The van der Waals surface area contributed by atoms with Crippen molar-refractivity contribution in [1.82, 2.24) is 0 Å². The Balaban J connectivity index is 2.36. The Morgan fingerprint density at radius 3 is 2.71 bits per heavy atom. The molecule has 0 N–H and O–H groups in total. The predicted molar refractivity (Wildman–Crippen MR) is 35.8 cm³/mol. The molecule has 0 saturated carbocycles. The molecule has 0 fully saturated rings. The van der Waals surface area contributed by atoms with Gasteiger partial charge in [0.1, 0.15) is 0 Å². The Morgan fingerprint density at radius 2 is 2.43 bits per heavy atom. The second-order valence-corrected chi connectivity index (χ2v) is 2.59. The molecule has 0 aromatic heterocycles. The lowest BCUT2D eigenvalue weighted by Gasteiger charge is -2.07.